The molecule has 0 saturated carbocycles. The Morgan fingerprint density at radius 1 is 1.21 bits per heavy atom. The fraction of sp³-hybridized carbons (Fsp3) is 0.250. The van der Waals surface area contributed by atoms with Crippen LogP contribution in [0.4, 0.5) is 4.39 Å². The lowest BCUT2D eigenvalue weighted by Gasteiger charge is -2.20. The fourth-order valence-electron chi connectivity index (χ4n) is 2.56. The van der Waals surface area contributed by atoms with Crippen LogP contribution >= 0.6 is 0 Å². The number of halogens is 1. The van der Waals surface area contributed by atoms with E-state index in [-0.39, 0.29) is 18.3 Å². The first-order chi connectivity index (χ1) is 13.5. The highest BCUT2D eigenvalue weighted by atomic mass is 19.1. The van der Waals surface area contributed by atoms with E-state index in [2.05, 4.69) is 10.1 Å². The highest BCUT2D eigenvalue weighted by Gasteiger charge is 2.21. The van der Waals surface area contributed by atoms with Gasteiger partial charge in [0.1, 0.15) is 17.3 Å². The second-order valence-electron chi connectivity index (χ2n) is 6.15. The smallest absolute Gasteiger partial charge is 0.263 e. The van der Waals surface area contributed by atoms with Gasteiger partial charge in [-0.15, -0.1) is 0 Å². The summed E-state index contributed by atoms with van der Waals surface area (Å²) in [6.07, 6.45) is -0.753. The molecule has 1 aromatic heterocycles. The normalized spacial score (nSPS) is 11.7. The second kappa shape index (κ2) is 8.51. The van der Waals surface area contributed by atoms with Crippen molar-refractivity contribution in [3.05, 3.63) is 60.2 Å². The van der Waals surface area contributed by atoms with E-state index in [4.69, 9.17) is 14.0 Å². The van der Waals surface area contributed by atoms with Crippen LogP contribution in [0.1, 0.15) is 12.8 Å². The molecule has 0 fully saturated rings. The first-order valence-corrected chi connectivity index (χ1v) is 8.60. The number of hydrogen-bond acceptors (Lipinski definition) is 6. The topological polar surface area (TPSA) is 77.7 Å². The zero-order valence-corrected chi connectivity index (χ0v) is 15.8. The van der Waals surface area contributed by atoms with Crippen molar-refractivity contribution in [3.63, 3.8) is 0 Å². The lowest BCUT2D eigenvalue weighted by molar-refractivity contribution is -0.137. The maximum atomic E-state index is 13.0. The molecule has 0 spiro atoms. The monoisotopic (exact) mass is 385 g/mol. The molecule has 0 N–H and O–H groups in total. The minimum absolute atomic E-state index is 0.132. The quantitative estimate of drug-likeness (QED) is 0.621. The van der Waals surface area contributed by atoms with Crippen LogP contribution in [0.3, 0.4) is 0 Å². The van der Waals surface area contributed by atoms with Crippen LogP contribution in [0.2, 0.25) is 0 Å². The van der Waals surface area contributed by atoms with Gasteiger partial charge in [-0.1, -0.05) is 17.3 Å². The molecular formula is C20H20FN3O4. The summed E-state index contributed by atoms with van der Waals surface area (Å²) in [4.78, 5) is 18.2. The number of carbonyl (C=O) groups excluding carboxylic acids is 1. The molecule has 0 saturated heterocycles. The molecule has 8 heteroatoms. The molecule has 1 heterocycles. The van der Waals surface area contributed by atoms with Gasteiger partial charge in [0, 0.05) is 12.6 Å². The highest BCUT2D eigenvalue weighted by molar-refractivity contribution is 5.80. The van der Waals surface area contributed by atoms with Gasteiger partial charge in [-0.3, -0.25) is 4.79 Å². The summed E-state index contributed by atoms with van der Waals surface area (Å²) in [6.45, 7) is 1.75. The molecule has 2 aromatic carbocycles. The zero-order chi connectivity index (χ0) is 20.1. The van der Waals surface area contributed by atoms with Gasteiger partial charge >= 0.3 is 0 Å². The van der Waals surface area contributed by atoms with Crippen LogP contribution in [0.5, 0.6) is 11.5 Å². The second-order valence-corrected chi connectivity index (χ2v) is 6.15. The molecule has 3 aromatic rings. The van der Waals surface area contributed by atoms with Gasteiger partial charge in [0.15, 0.2) is 6.10 Å². The van der Waals surface area contributed by atoms with Gasteiger partial charge in [0.05, 0.1) is 13.7 Å². The van der Waals surface area contributed by atoms with Gasteiger partial charge in [0.25, 0.3) is 5.91 Å². The summed E-state index contributed by atoms with van der Waals surface area (Å²) in [5, 5.41) is 3.95. The van der Waals surface area contributed by atoms with Gasteiger partial charge in [-0.25, -0.2) is 4.39 Å². The third kappa shape index (κ3) is 4.64. The Kier molecular flexibility index (Phi) is 5.88. The molecule has 0 bridgehead atoms. The Hall–Kier alpha value is -3.42. The molecule has 3 rings (SSSR count). The number of nitrogens with zero attached hydrogens (tertiary/aromatic N) is 3. The summed E-state index contributed by atoms with van der Waals surface area (Å²) >= 11 is 0. The van der Waals surface area contributed by atoms with Crippen LogP contribution in [-0.2, 0) is 11.3 Å². The molecular weight excluding hydrogens is 365 g/mol. The van der Waals surface area contributed by atoms with E-state index in [0.29, 0.717) is 23.2 Å². The summed E-state index contributed by atoms with van der Waals surface area (Å²) < 4.78 is 28.9. The first-order valence-electron chi connectivity index (χ1n) is 8.60. The number of amides is 1. The van der Waals surface area contributed by atoms with E-state index in [1.165, 1.54) is 29.2 Å². The molecule has 0 aliphatic heterocycles. The number of methoxy groups -OCH3 is 1. The lowest BCUT2D eigenvalue weighted by atomic mass is 10.2. The van der Waals surface area contributed by atoms with Gasteiger partial charge in [-0.2, -0.15) is 4.98 Å². The highest BCUT2D eigenvalue weighted by Crippen LogP contribution is 2.21. The molecule has 28 heavy (non-hydrogen) atoms. The largest absolute Gasteiger partial charge is 0.497 e. The van der Waals surface area contributed by atoms with Crippen molar-refractivity contribution in [1.29, 1.82) is 0 Å². The van der Waals surface area contributed by atoms with Crippen molar-refractivity contribution >= 4 is 5.91 Å². The fourth-order valence-corrected chi connectivity index (χ4v) is 2.56. The minimum atomic E-state index is -0.753. The minimum Gasteiger partial charge on any atom is -0.497 e. The summed E-state index contributed by atoms with van der Waals surface area (Å²) in [5.41, 5.74) is 0.747. The maximum Gasteiger partial charge on any atom is 0.263 e. The van der Waals surface area contributed by atoms with E-state index in [9.17, 15) is 9.18 Å². The van der Waals surface area contributed by atoms with Crippen molar-refractivity contribution in [2.75, 3.05) is 14.2 Å². The van der Waals surface area contributed by atoms with Gasteiger partial charge in [-0.05, 0) is 43.3 Å². The molecule has 1 amide bonds. The Balaban J connectivity index is 1.62. The molecule has 0 radical (unpaired) electrons. The van der Waals surface area contributed by atoms with E-state index >= 15 is 0 Å². The average Bonchev–Trinajstić information content (AvgIpc) is 3.17. The number of ether oxygens (including phenoxy) is 2. The Morgan fingerprint density at radius 3 is 2.68 bits per heavy atom. The Labute approximate surface area is 161 Å². The van der Waals surface area contributed by atoms with Crippen molar-refractivity contribution in [3.8, 4) is 22.9 Å². The predicted molar refractivity (Wildman–Crippen MR) is 99.3 cm³/mol. The summed E-state index contributed by atoms with van der Waals surface area (Å²) in [5.74, 6) is 1.15. The van der Waals surface area contributed by atoms with Crippen molar-refractivity contribution in [1.82, 2.24) is 15.0 Å². The third-order valence-electron chi connectivity index (χ3n) is 4.02. The van der Waals surface area contributed by atoms with Crippen LogP contribution < -0.4 is 9.47 Å². The van der Waals surface area contributed by atoms with Crippen LogP contribution in [-0.4, -0.2) is 41.2 Å². The molecule has 0 aliphatic carbocycles. The standard InChI is InChI=1S/C20H20FN3O4/c1-13(27-16-9-7-15(21)8-10-16)20(25)24(2)12-18-22-19(23-28-18)14-5-4-6-17(11-14)26-3/h4-11,13H,12H2,1-3H3/t13-/m0/s1. The molecule has 1 atom stereocenters. The summed E-state index contributed by atoms with van der Waals surface area (Å²) in [7, 11) is 3.19. The number of hydrogen-bond donors (Lipinski definition) is 0. The summed E-state index contributed by atoms with van der Waals surface area (Å²) in [6, 6.07) is 12.8. The molecule has 146 valence electrons. The van der Waals surface area contributed by atoms with Crippen LogP contribution in [0.15, 0.2) is 53.1 Å². The van der Waals surface area contributed by atoms with Crippen LogP contribution in [0, 0.1) is 5.82 Å². The van der Waals surface area contributed by atoms with Crippen molar-refractivity contribution in [2.45, 2.75) is 19.6 Å². The number of likely N-dealkylation sites (N-methyl/N-ethyl adjacent to an activating group) is 1. The van der Waals surface area contributed by atoms with E-state index in [1.54, 1.807) is 27.1 Å². The van der Waals surface area contributed by atoms with Gasteiger partial charge in [0.2, 0.25) is 11.7 Å². The molecule has 7 nitrogen and oxygen atoms in total. The average molecular weight is 385 g/mol. The predicted octanol–water partition coefficient (Wildman–Crippen LogP) is 3.31. The molecule has 0 aliphatic rings. The van der Waals surface area contributed by atoms with E-state index in [1.807, 2.05) is 18.2 Å². The van der Waals surface area contributed by atoms with Gasteiger partial charge < -0.3 is 18.9 Å². The number of aromatic nitrogens is 2. The SMILES string of the molecule is COc1cccc(-c2noc(CN(C)C(=O)[C@H](C)Oc3ccc(F)cc3)n2)c1. The Bertz CT molecular complexity index is 943. The van der Waals surface area contributed by atoms with E-state index < -0.39 is 6.10 Å². The molecule has 0 unspecified atom stereocenters. The lowest BCUT2D eigenvalue weighted by Crippen LogP contribution is -2.37. The number of rotatable bonds is 7. The maximum absolute atomic E-state index is 13.0. The number of carbonyl (C=O) groups is 1. The third-order valence-corrected chi connectivity index (χ3v) is 4.02. The Morgan fingerprint density at radius 2 is 1.96 bits per heavy atom. The number of benzene rings is 2. The zero-order valence-electron chi connectivity index (χ0n) is 15.8. The van der Waals surface area contributed by atoms with Crippen molar-refractivity contribution < 1.29 is 23.2 Å². The van der Waals surface area contributed by atoms with E-state index in [0.717, 1.165) is 5.56 Å². The van der Waals surface area contributed by atoms with Crippen molar-refractivity contribution in [2.24, 2.45) is 0 Å². The first kappa shape index (κ1) is 19.3. The van der Waals surface area contributed by atoms with Crippen LogP contribution in [0.25, 0.3) is 11.4 Å².